The molecule has 0 atom stereocenters. The maximum absolute atomic E-state index is 12.7. The summed E-state index contributed by atoms with van der Waals surface area (Å²) in [6.45, 7) is 1.84. The lowest BCUT2D eigenvalue weighted by Gasteiger charge is -2.05. The summed E-state index contributed by atoms with van der Waals surface area (Å²) in [5.41, 5.74) is 5.18. The van der Waals surface area contributed by atoms with E-state index in [0.29, 0.717) is 15.7 Å². The maximum atomic E-state index is 12.7. The average Bonchev–Trinajstić information content (AvgIpc) is 2.41. The Labute approximate surface area is 120 Å². The summed E-state index contributed by atoms with van der Waals surface area (Å²) in [5.74, 6) is -0.282. The monoisotopic (exact) mass is 296 g/mol. The molecule has 5 heteroatoms. The Bertz CT molecular complexity index is 609. The number of hydrogen-bond acceptors (Lipinski definition) is 2. The molecule has 2 aromatic rings. The third kappa shape index (κ3) is 3.69. The van der Waals surface area contributed by atoms with E-state index >= 15 is 0 Å². The van der Waals surface area contributed by atoms with Crippen molar-refractivity contribution in [1.82, 2.24) is 0 Å². The van der Waals surface area contributed by atoms with E-state index < -0.39 is 0 Å². The number of anilines is 1. The number of hydrogen-bond donors (Lipinski definition) is 1. The summed E-state index contributed by atoms with van der Waals surface area (Å²) in [4.78, 5) is 0. The van der Waals surface area contributed by atoms with Crippen molar-refractivity contribution >= 4 is 34.6 Å². The van der Waals surface area contributed by atoms with Gasteiger partial charge in [-0.3, -0.25) is 5.43 Å². The minimum atomic E-state index is -0.282. The van der Waals surface area contributed by atoms with E-state index in [1.54, 1.807) is 24.3 Å². The lowest BCUT2D eigenvalue weighted by Crippen LogP contribution is -1.99. The van der Waals surface area contributed by atoms with Crippen LogP contribution >= 0.6 is 23.2 Å². The predicted octanol–water partition coefficient (Wildman–Crippen LogP) is 4.97. The van der Waals surface area contributed by atoms with E-state index in [2.05, 4.69) is 10.5 Å². The van der Waals surface area contributed by atoms with Crippen LogP contribution in [-0.2, 0) is 0 Å². The molecule has 2 nitrogen and oxygen atoms in total. The zero-order chi connectivity index (χ0) is 13.8. The first-order chi connectivity index (χ1) is 9.06. The van der Waals surface area contributed by atoms with E-state index in [4.69, 9.17) is 23.2 Å². The smallest absolute Gasteiger partial charge is 0.123 e. The molecule has 0 aliphatic rings. The van der Waals surface area contributed by atoms with E-state index in [-0.39, 0.29) is 5.82 Å². The van der Waals surface area contributed by atoms with Gasteiger partial charge in [-0.25, -0.2) is 4.39 Å². The second-order valence-electron chi connectivity index (χ2n) is 3.94. The van der Waals surface area contributed by atoms with E-state index in [9.17, 15) is 4.39 Å². The zero-order valence-electron chi connectivity index (χ0n) is 10.1. The molecule has 0 saturated heterocycles. The minimum absolute atomic E-state index is 0.282. The molecule has 0 unspecified atom stereocenters. The van der Waals surface area contributed by atoms with Gasteiger partial charge in [0, 0.05) is 0 Å². The Balaban J connectivity index is 2.14. The van der Waals surface area contributed by atoms with Crippen molar-refractivity contribution in [2.45, 2.75) is 6.92 Å². The van der Waals surface area contributed by atoms with Crippen LogP contribution in [-0.4, -0.2) is 5.71 Å². The molecule has 0 spiro atoms. The molecule has 1 N–H and O–H groups in total. The molecule has 98 valence electrons. The topological polar surface area (TPSA) is 24.4 Å². The Kier molecular flexibility index (Phi) is 4.40. The molecule has 2 rings (SSSR count). The van der Waals surface area contributed by atoms with Crippen molar-refractivity contribution < 1.29 is 4.39 Å². The van der Waals surface area contributed by atoms with Crippen molar-refractivity contribution in [2.24, 2.45) is 5.10 Å². The van der Waals surface area contributed by atoms with Gasteiger partial charge >= 0.3 is 0 Å². The number of benzene rings is 2. The summed E-state index contributed by atoms with van der Waals surface area (Å²) in [5, 5.41) is 5.19. The fourth-order valence-corrected chi connectivity index (χ4v) is 1.76. The molecule has 0 aliphatic heterocycles. The molecule has 0 aliphatic carbocycles. The lowest BCUT2D eigenvalue weighted by molar-refractivity contribution is 0.628. The Morgan fingerprint density at radius 2 is 1.74 bits per heavy atom. The van der Waals surface area contributed by atoms with E-state index in [1.165, 1.54) is 12.1 Å². The molecule has 0 bridgehead atoms. The molecule has 19 heavy (non-hydrogen) atoms. The molecule has 0 aromatic heterocycles. The summed E-state index contributed by atoms with van der Waals surface area (Å²) < 4.78 is 12.7. The third-order valence-electron chi connectivity index (χ3n) is 2.53. The number of hydrazone groups is 1. The largest absolute Gasteiger partial charge is 0.278 e. The van der Waals surface area contributed by atoms with Crippen LogP contribution in [0.5, 0.6) is 0 Å². The number of nitrogens with zero attached hydrogens (tertiary/aromatic N) is 1. The number of rotatable bonds is 3. The van der Waals surface area contributed by atoms with Crippen LogP contribution in [0.4, 0.5) is 10.1 Å². The molecule has 0 saturated carbocycles. The van der Waals surface area contributed by atoms with Crippen LogP contribution in [0.1, 0.15) is 12.5 Å². The highest BCUT2D eigenvalue weighted by Crippen LogP contribution is 2.23. The number of nitrogens with one attached hydrogen (secondary N) is 1. The van der Waals surface area contributed by atoms with Crippen molar-refractivity contribution in [2.75, 3.05) is 5.43 Å². The van der Waals surface area contributed by atoms with Gasteiger partial charge in [0.15, 0.2) is 0 Å². The van der Waals surface area contributed by atoms with Gasteiger partial charge in [0.05, 0.1) is 21.4 Å². The second kappa shape index (κ2) is 6.04. The van der Waals surface area contributed by atoms with Crippen LogP contribution in [0.2, 0.25) is 10.0 Å². The van der Waals surface area contributed by atoms with Crippen LogP contribution < -0.4 is 5.43 Å². The summed E-state index contributed by atoms with van der Waals surface area (Å²) in [7, 11) is 0. The summed E-state index contributed by atoms with van der Waals surface area (Å²) in [6, 6.07) is 11.3. The molecular formula is C14H11Cl2FN2. The number of halogens is 3. The van der Waals surface area contributed by atoms with Crippen molar-refractivity contribution in [3.8, 4) is 0 Å². The van der Waals surface area contributed by atoms with Gasteiger partial charge in [-0.1, -0.05) is 29.3 Å². The van der Waals surface area contributed by atoms with Crippen LogP contribution in [0, 0.1) is 5.82 Å². The molecular weight excluding hydrogens is 286 g/mol. The molecule has 0 heterocycles. The van der Waals surface area contributed by atoms with Crippen molar-refractivity contribution in [1.29, 1.82) is 0 Å². The van der Waals surface area contributed by atoms with Crippen molar-refractivity contribution in [3.05, 3.63) is 63.9 Å². The zero-order valence-corrected chi connectivity index (χ0v) is 11.6. The van der Waals surface area contributed by atoms with Gasteiger partial charge in [-0.15, -0.1) is 0 Å². The van der Waals surface area contributed by atoms with Gasteiger partial charge in [-0.05, 0) is 48.9 Å². The third-order valence-corrected chi connectivity index (χ3v) is 3.27. The first-order valence-electron chi connectivity index (χ1n) is 5.57. The maximum Gasteiger partial charge on any atom is 0.123 e. The van der Waals surface area contributed by atoms with Gasteiger partial charge in [-0.2, -0.15) is 5.10 Å². The quantitative estimate of drug-likeness (QED) is 0.628. The normalized spacial score (nSPS) is 11.5. The first kappa shape index (κ1) is 13.8. The Morgan fingerprint density at radius 3 is 2.37 bits per heavy atom. The molecule has 0 fully saturated rings. The fraction of sp³-hybridized carbons (Fsp3) is 0.0714. The predicted molar refractivity (Wildman–Crippen MR) is 78.7 cm³/mol. The highest BCUT2D eigenvalue weighted by molar-refractivity contribution is 6.42. The van der Waals surface area contributed by atoms with E-state index in [0.717, 1.165) is 11.3 Å². The van der Waals surface area contributed by atoms with Crippen molar-refractivity contribution in [3.63, 3.8) is 0 Å². The SMILES string of the molecule is C/C(=N/Nc1ccc(F)cc1)c1ccc(Cl)c(Cl)c1. The average molecular weight is 297 g/mol. The summed E-state index contributed by atoms with van der Waals surface area (Å²) >= 11 is 11.8. The standard InChI is InChI=1S/C14H11Cl2FN2/c1-9(10-2-7-13(15)14(16)8-10)18-19-12-5-3-11(17)4-6-12/h2-8,19H,1H3/b18-9-. The first-order valence-corrected chi connectivity index (χ1v) is 6.33. The Hall–Kier alpha value is -1.58. The minimum Gasteiger partial charge on any atom is -0.278 e. The van der Waals surface area contributed by atoms with Crippen LogP contribution in [0.15, 0.2) is 47.6 Å². The highest BCUT2D eigenvalue weighted by Gasteiger charge is 2.02. The fourth-order valence-electron chi connectivity index (χ4n) is 1.46. The second-order valence-corrected chi connectivity index (χ2v) is 4.76. The van der Waals surface area contributed by atoms with Crippen LogP contribution in [0.3, 0.4) is 0 Å². The molecule has 0 amide bonds. The van der Waals surface area contributed by atoms with E-state index in [1.807, 2.05) is 13.0 Å². The molecule has 2 aromatic carbocycles. The van der Waals surface area contributed by atoms with Gasteiger partial charge in [0.2, 0.25) is 0 Å². The van der Waals surface area contributed by atoms with Gasteiger partial charge in [0.1, 0.15) is 5.82 Å². The lowest BCUT2D eigenvalue weighted by atomic mass is 10.1. The highest BCUT2D eigenvalue weighted by atomic mass is 35.5. The Morgan fingerprint density at radius 1 is 1.05 bits per heavy atom. The van der Waals surface area contributed by atoms with Gasteiger partial charge in [0.25, 0.3) is 0 Å². The molecule has 0 radical (unpaired) electrons. The van der Waals surface area contributed by atoms with Crippen LogP contribution in [0.25, 0.3) is 0 Å². The van der Waals surface area contributed by atoms with Gasteiger partial charge < -0.3 is 0 Å². The summed E-state index contributed by atoms with van der Waals surface area (Å²) in [6.07, 6.45) is 0.